The van der Waals surface area contributed by atoms with Crippen LogP contribution in [-0.4, -0.2) is 80.3 Å². The zero-order chi connectivity index (χ0) is 29.7. The molecule has 1 heterocycles. The van der Waals surface area contributed by atoms with Gasteiger partial charge in [0, 0.05) is 43.5 Å². The van der Waals surface area contributed by atoms with Crippen LogP contribution < -0.4 is 30.2 Å². The number of aliphatic hydroxyl groups excluding tert-OH is 1. The van der Waals surface area contributed by atoms with Crippen molar-refractivity contribution < 1.29 is 29.2 Å². The summed E-state index contributed by atoms with van der Waals surface area (Å²) in [6.45, 7) is 3.11. The molecular formula is C32H42N4O6. The molecule has 0 radical (unpaired) electrons. The molecule has 1 aliphatic rings. The standard InChI is InChI=1S/C32H42N4O6/c1-40-30-5-3-4-24(31(30)41-2)20-34-32(39)36-18-15-26(16-19-36)35-25-8-6-23(7-9-25)14-17-33-21-28(38)22-42-29-12-10-27(37)11-13-29/h3-13,26,28,33,35,37-38H,14-22H2,1-2H3,(H,34,39)/t28-/m0/s1. The number of methoxy groups -OCH3 is 2. The number of aromatic hydroxyl groups is 1. The van der Waals surface area contributed by atoms with Gasteiger partial charge in [0.15, 0.2) is 11.5 Å². The number of likely N-dealkylation sites (tertiary alicyclic amines) is 1. The summed E-state index contributed by atoms with van der Waals surface area (Å²) in [7, 11) is 3.19. The molecule has 3 aromatic carbocycles. The summed E-state index contributed by atoms with van der Waals surface area (Å²) in [5.74, 6) is 2.07. The van der Waals surface area contributed by atoms with Gasteiger partial charge in [-0.25, -0.2) is 4.79 Å². The van der Waals surface area contributed by atoms with Crippen molar-refractivity contribution in [3.05, 3.63) is 77.9 Å². The maximum absolute atomic E-state index is 12.8. The number of phenolic OH excluding ortho intramolecular Hbond substituents is 1. The zero-order valence-corrected chi connectivity index (χ0v) is 24.3. The number of anilines is 1. The molecule has 0 saturated carbocycles. The van der Waals surface area contributed by atoms with Crippen molar-refractivity contribution in [1.29, 1.82) is 0 Å². The molecule has 1 saturated heterocycles. The number of amides is 2. The van der Waals surface area contributed by atoms with Crippen LogP contribution in [0.4, 0.5) is 10.5 Å². The number of nitrogens with one attached hydrogen (secondary N) is 3. The van der Waals surface area contributed by atoms with E-state index in [-0.39, 0.29) is 18.4 Å². The normalized spacial score (nSPS) is 14.2. The van der Waals surface area contributed by atoms with E-state index < -0.39 is 6.10 Å². The third kappa shape index (κ3) is 9.19. The van der Waals surface area contributed by atoms with Crippen LogP contribution in [0, 0.1) is 0 Å². The van der Waals surface area contributed by atoms with E-state index in [1.807, 2.05) is 23.1 Å². The summed E-state index contributed by atoms with van der Waals surface area (Å²) >= 11 is 0. The van der Waals surface area contributed by atoms with Crippen LogP contribution in [-0.2, 0) is 13.0 Å². The first kappa shape index (κ1) is 30.8. The van der Waals surface area contributed by atoms with E-state index in [1.165, 1.54) is 5.56 Å². The molecule has 0 aromatic heterocycles. The lowest BCUT2D eigenvalue weighted by Gasteiger charge is -2.33. The van der Waals surface area contributed by atoms with Gasteiger partial charge in [-0.05, 0) is 73.8 Å². The van der Waals surface area contributed by atoms with E-state index in [1.54, 1.807) is 38.5 Å². The Balaban J connectivity index is 1.10. The van der Waals surface area contributed by atoms with Gasteiger partial charge in [-0.1, -0.05) is 24.3 Å². The van der Waals surface area contributed by atoms with Gasteiger partial charge in [0.05, 0.1) is 14.2 Å². The second-order valence-electron chi connectivity index (χ2n) is 10.3. The Hall–Kier alpha value is -4.15. The molecule has 0 aliphatic carbocycles. The number of carbonyl (C=O) groups excluding carboxylic acids is 1. The molecule has 1 aliphatic heterocycles. The second kappa shape index (κ2) is 15.7. The second-order valence-corrected chi connectivity index (χ2v) is 10.3. The summed E-state index contributed by atoms with van der Waals surface area (Å²) in [6.07, 6.45) is 1.97. The lowest BCUT2D eigenvalue weighted by atomic mass is 10.0. The van der Waals surface area contributed by atoms with Crippen LogP contribution in [0.2, 0.25) is 0 Å². The number of phenols is 1. The third-order valence-electron chi connectivity index (χ3n) is 7.27. The number of hydrogen-bond acceptors (Lipinski definition) is 8. The number of urea groups is 1. The number of benzene rings is 3. The maximum atomic E-state index is 12.8. The van der Waals surface area contributed by atoms with Gasteiger partial charge in [-0.15, -0.1) is 0 Å². The number of hydrogen-bond donors (Lipinski definition) is 5. The lowest BCUT2D eigenvalue weighted by molar-refractivity contribution is 0.106. The molecule has 1 fully saturated rings. The minimum Gasteiger partial charge on any atom is -0.508 e. The van der Waals surface area contributed by atoms with Crippen molar-refractivity contribution in [3.63, 3.8) is 0 Å². The van der Waals surface area contributed by atoms with Gasteiger partial charge in [0.2, 0.25) is 0 Å². The van der Waals surface area contributed by atoms with E-state index in [0.29, 0.717) is 49.5 Å². The number of para-hydroxylation sites is 1. The largest absolute Gasteiger partial charge is 0.508 e. The molecule has 0 bridgehead atoms. The van der Waals surface area contributed by atoms with Crippen LogP contribution in [0.1, 0.15) is 24.0 Å². The Kier molecular flexibility index (Phi) is 11.5. The SMILES string of the molecule is COc1cccc(CNC(=O)N2CCC(Nc3ccc(CCNC[C@H](O)COc4ccc(O)cc4)cc3)CC2)c1OC. The molecule has 0 unspecified atom stereocenters. The van der Waals surface area contributed by atoms with Crippen molar-refractivity contribution in [2.75, 3.05) is 52.3 Å². The van der Waals surface area contributed by atoms with Crippen LogP contribution in [0.3, 0.4) is 0 Å². The van der Waals surface area contributed by atoms with E-state index in [9.17, 15) is 15.0 Å². The fourth-order valence-electron chi connectivity index (χ4n) is 4.90. The van der Waals surface area contributed by atoms with Gasteiger partial charge in [0.25, 0.3) is 0 Å². The first-order valence-electron chi connectivity index (χ1n) is 14.3. The third-order valence-corrected chi connectivity index (χ3v) is 7.27. The molecule has 10 heteroatoms. The Morgan fingerprint density at radius 2 is 1.74 bits per heavy atom. The smallest absolute Gasteiger partial charge is 0.317 e. The van der Waals surface area contributed by atoms with E-state index in [2.05, 4.69) is 40.2 Å². The maximum Gasteiger partial charge on any atom is 0.317 e. The van der Waals surface area contributed by atoms with Crippen molar-refractivity contribution >= 4 is 11.7 Å². The van der Waals surface area contributed by atoms with Gasteiger partial charge < -0.3 is 45.3 Å². The van der Waals surface area contributed by atoms with Gasteiger partial charge in [-0.3, -0.25) is 0 Å². The average Bonchev–Trinajstić information content (AvgIpc) is 3.02. The predicted molar refractivity (Wildman–Crippen MR) is 163 cm³/mol. The highest BCUT2D eigenvalue weighted by Gasteiger charge is 2.23. The van der Waals surface area contributed by atoms with E-state index >= 15 is 0 Å². The number of ether oxygens (including phenoxy) is 3. The van der Waals surface area contributed by atoms with Crippen LogP contribution in [0.25, 0.3) is 0 Å². The minimum absolute atomic E-state index is 0.0753. The molecule has 3 aromatic rings. The molecule has 42 heavy (non-hydrogen) atoms. The van der Waals surface area contributed by atoms with E-state index in [0.717, 1.165) is 37.1 Å². The number of carbonyl (C=O) groups is 1. The van der Waals surface area contributed by atoms with Crippen LogP contribution >= 0.6 is 0 Å². The zero-order valence-electron chi connectivity index (χ0n) is 24.3. The lowest BCUT2D eigenvalue weighted by Crippen LogP contribution is -2.46. The molecule has 226 valence electrons. The van der Waals surface area contributed by atoms with E-state index in [4.69, 9.17) is 14.2 Å². The van der Waals surface area contributed by atoms with Crippen LogP contribution in [0.15, 0.2) is 66.7 Å². The highest BCUT2D eigenvalue weighted by Crippen LogP contribution is 2.30. The summed E-state index contributed by atoms with van der Waals surface area (Å²) in [5, 5.41) is 29.3. The van der Waals surface area contributed by atoms with Crippen molar-refractivity contribution in [2.24, 2.45) is 0 Å². The number of piperidine rings is 1. The quantitative estimate of drug-likeness (QED) is 0.183. The number of rotatable bonds is 14. The Morgan fingerprint density at radius 3 is 2.43 bits per heavy atom. The number of nitrogens with zero attached hydrogens (tertiary/aromatic N) is 1. The number of aliphatic hydroxyl groups is 1. The predicted octanol–water partition coefficient (Wildman–Crippen LogP) is 3.77. The molecular weight excluding hydrogens is 536 g/mol. The topological polar surface area (TPSA) is 125 Å². The first-order chi connectivity index (χ1) is 20.4. The van der Waals surface area contributed by atoms with Crippen molar-refractivity contribution in [3.8, 4) is 23.0 Å². The van der Waals surface area contributed by atoms with Crippen molar-refractivity contribution in [1.82, 2.24) is 15.5 Å². The van der Waals surface area contributed by atoms with Gasteiger partial charge in [-0.2, -0.15) is 0 Å². The highest BCUT2D eigenvalue weighted by atomic mass is 16.5. The minimum atomic E-state index is -0.626. The Labute approximate surface area is 247 Å². The molecule has 5 N–H and O–H groups in total. The highest BCUT2D eigenvalue weighted by molar-refractivity contribution is 5.74. The fraction of sp³-hybridized carbons (Fsp3) is 0.406. The molecule has 1 atom stereocenters. The molecule has 0 spiro atoms. The molecule has 10 nitrogen and oxygen atoms in total. The van der Waals surface area contributed by atoms with Gasteiger partial charge >= 0.3 is 6.03 Å². The summed E-state index contributed by atoms with van der Waals surface area (Å²) in [6, 6.07) is 20.7. The molecule has 4 rings (SSSR count). The summed E-state index contributed by atoms with van der Waals surface area (Å²) in [5.41, 5.74) is 3.15. The fourth-order valence-corrected chi connectivity index (χ4v) is 4.90. The Morgan fingerprint density at radius 1 is 1.00 bits per heavy atom. The summed E-state index contributed by atoms with van der Waals surface area (Å²) in [4.78, 5) is 14.6. The van der Waals surface area contributed by atoms with Crippen LogP contribution in [0.5, 0.6) is 23.0 Å². The molecule has 2 amide bonds. The van der Waals surface area contributed by atoms with Gasteiger partial charge in [0.1, 0.15) is 24.2 Å². The first-order valence-corrected chi connectivity index (χ1v) is 14.3. The van der Waals surface area contributed by atoms with Crippen molar-refractivity contribution in [2.45, 2.75) is 38.0 Å². The summed E-state index contributed by atoms with van der Waals surface area (Å²) < 4.78 is 16.3. The average molecular weight is 579 g/mol. The Bertz CT molecular complexity index is 1250. The monoisotopic (exact) mass is 578 g/mol.